The number of rotatable bonds is 3. The molecule has 21 heavy (non-hydrogen) atoms. The molecular formula is C11H13FN4O4S. The molecule has 0 saturated carbocycles. The third kappa shape index (κ3) is 3.88. The van der Waals surface area contributed by atoms with Crippen LogP contribution in [-0.2, 0) is 10.5 Å². The van der Waals surface area contributed by atoms with Crippen molar-refractivity contribution in [3.05, 3.63) is 24.0 Å². The van der Waals surface area contributed by atoms with Crippen LogP contribution in [0.15, 0.2) is 23.5 Å². The van der Waals surface area contributed by atoms with Crippen LogP contribution >= 0.6 is 0 Å². The summed E-state index contributed by atoms with van der Waals surface area (Å²) in [5.41, 5.74) is -0.00245. The van der Waals surface area contributed by atoms with E-state index < -0.39 is 22.2 Å². The van der Waals surface area contributed by atoms with Crippen molar-refractivity contribution in [3.63, 3.8) is 0 Å². The number of amides is 1. The van der Waals surface area contributed by atoms with Crippen molar-refractivity contribution >= 4 is 22.4 Å². The largest absolute Gasteiger partial charge is 0.488 e. The number of halogens is 1. The third-order valence-corrected chi connectivity index (χ3v) is 3.20. The molecule has 1 aliphatic heterocycles. The van der Waals surface area contributed by atoms with Crippen LogP contribution in [-0.4, -0.2) is 62.3 Å². The highest BCUT2D eigenvalue weighted by molar-refractivity contribution is 7.81. The molecule has 0 bridgehead atoms. The molecule has 1 aromatic heterocycles. The number of nitrogens with zero attached hydrogens (tertiary/aromatic N) is 4. The summed E-state index contributed by atoms with van der Waals surface area (Å²) in [6.45, 7) is 1.48. The summed E-state index contributed by atoms with van der Waals surface area (Å²) in [5.74, 6) is -0.527. The molecule has 0 unspecified atom stereocenters. The Balaban J connectivity index is 2.24. The van der Waals surface area contributed by atoms with Crippen molar-refractivity contribution in [1.29, 1.82) is 0 Å². The van der Waals surface area contributed by atoms with Gasteiger partial charge in [0.2, 0.25) is 5.96 Å². The lowest BCUT2D eigenvalue weighted by Gasteiger charge is -2.14. The SMILES string of the molecule is CN1CCN(C)C1=NC(=O)c1cncc(OS(=O)(=O)F)c1. The maximum atomic E-state index is 12.4. The van der Waals surface area contributed by atoms with Crippen molar-refractivity contribution in [1.82, 2.24) is 14.8 Å². The number of aromatic nitrogens is 1. The fourth-order valence-corrected chi connectivity index (χ4v) is 2.13. The Labute approximate surface area is 121 Å². The molecule has 1 aliphatic rings. The van der Waals surface area contributed by atoms with Gasteiger partial charge in [-0.05, 0) is 6.07 Å². The van der Waals surface area contributed by atoms with Gasteiger partial charge in [0, 0.05) is 33.4 Å². The van der Waals surface area contributed by atoms with Crippen LogP contribution in [0, 0.1) is 0 Å². The number of likely N-dealkylation sites (N-methyl/N-ethyl adjacent to an activating group) is 2. The van der Waals surface area contributed by atoms with Crippen LogP contribution < -0.4 is 4.18 Å². The van der Waals surface area contributed by atoms with E-state index in [-0.39, 0.29) is 5.56 Å². The summed E-state index contributed by atoms with van der Waals surface area (Å²) in [7, 11) is -1.57. The first-order valence-corrected chi connectivity index (χ1v) is 7.21. The second-order valence-corrected chi connectivity index (χ2v) is 5.40. The van der Waals surface area contributed by atoms with Crippen molar-refractivity contribution in [2.75, 3.05) is 27.2 Å². The Hall–Kier alpha value is -2.23. The maximum absolute atomic E-state index is 12.4. The lowest BCUT2D eigenvalue weighted by atomic mass is 10.2. The lowest BCUT2D eigenvalue weighted by molar-refractivity contribution is 0.0999. The Morgan fingerprint density at radius 3 is 2.52 bits per heavy atom. The van der Waals surface area contributed by atoms with Crippen molar-refractivity contribution in [3.8, 4) is 5.75 Å². The predicted molar refractivity (Wildman–Crippen MR) is 71.9 cm³/mol. The third-order valence-electron chi connectivity index (χ3n) is 2.81. The first kappa shape index (κ1) is 15.2. The highest BCUT2D eigenvalue weighted by atomic mass is 32.3. The zero-order valence-electron chi connectivity index (χ0n) is 11.4. The molecule has 2 rings (SSSR count). The number of carbonyl (C=O) groups is 1. The monoisotopic (exact) mass is 316 g/mol. The lowest BCUT2D eigenvalue weighted by Crippen LogP contribution is -2.29. The number of hydrogen-bond acceptors (Lipinski definition) is 5. The van der Waals surface area contributed by atoms with Gasteiger partial charge in [-0.3, -0.25) is 9.78 Å². The zero-order valence-corrected chi connectivity index (χ0v) is 12.2. The van der Waals surface area contributed by atoms with E-state index >= 15 is 0 Å². The van der Waals surface area contributed by atoms with E-state index in [1.165, 1.54) is 6.20 Å². The molecule has 0 atom stereocenters. The zero-order chi connectivity index (χ0) is 15.6. The van der Waals surface area contributed by atoms with Crippen LogP contribution in [0.1, 0.15) is 10.4 Å². The van der Waals surface area contributed by atoms with Gasteiger partial charge >= 0.3 is 10.5 Å². The normalized spacial score (nSPS) is 15.3. The number of carbonyl (C=O) groups excluding carboxylic acids is 1. The summed E-state index contributed by atoms with van der Waals surface area (Å²) >= 11 is 0. The van der Waals surface area contributed by atoms with Crippen LogP contribution in [0.5, 0.6) is 5.75 Å². The minimum atomic E-state index is -5.16. The Morgan fingerprint density at radius 1 is 1.33 bits per heavy atom. The van der Waals surface area contributed by atoms with Crippen molar-refractivity contribution < 1.29 is 21.3 Å². The molecular weight excluding hydrogens is 303 g/mol. The molecule has 114 valence electrons. The van der Waals surface area contributed by atoms with Gasteiger partial charge in [-0.15, -0.1) is 0 Å². The fraction of sp³-hybridized carbons (Fsp3) is 0.364. The first-order valence-electron chi connectivity index (χ1n) is 5.90. The van der Waals surface area contributed by atoms with E-state index in [1.807, 2.05) is 0 Å². The van der Waals surface area contributed by atoms with Gasteiger partial charge < -0.3 is 14.0 Å². The van der Waals surface area contributed by atoms with E-state index in [1.54, 1.807) is 23.9 Å². The first-order chi connectivity index (χ1) is 9.76. The number of pyridine rings is 1. The highest BCUT2D eigenvalue weighted by Gasteiger charge is 2.21. The average Bonchev–Trinajstić information content (AvgIpc) is 2.69. The summed E-state index contributed by atoms with van der Waals surface area (Å²) < 4.78 is 37.3. The van der Waals surface area contributed by atoms with Gasteiger partial charge in [0.25, 0.3) is 5.91 Å². The quantitative estimate of drug-likeness (QED) is 0.727. The topological polar surface area (TPSA) is 92.2 Å². The minimum Gasteiger partial charge on any atom is -0.357 e. The van der Waals surface area contributed by atoms with Crippen LogP contribution in [0.2, 0.25) is 0 Å². The van der Waals surface area contributed by atoms with Gasteiger partial charge in [-0.25, -0.2) is 0 Å². The average molecular weight is 316 g/mol. The number of hydrogen-bond donors (Lipinski definition) is 0. The molecule has 1 aromatic rings. The van der Waals surface area contributed by atoms with Crippen LogP contribution in [0.25, 0.3) is 0 Å². The van der Waals surface area contributed by atoms with E-state index in [0.717, 1.165) is 25.4 Å². The number of guanidine groups is 1. The van der Waals surface area contributed by atoms with E-state index in [2.05, 4.69) is 14.2 Å². The number of aliphatic imine (C=N–C) groups is 1. The fourth-order valence-electron chi connectivity index (χ4n) is 1.81. The van der Waals surface area contributed by atoms with Gasteiger partial charge in [0.05, 0.1) is 11.8 Å². The molecule has 0 aliphatic carbocycles. The molecule has 0 N–H and O–H groups in total. The Kier molecular flexibility index (Phi) is 4.07. The van der Waals surface area contributed by atoms with Gasteiger partial charge in [-0.1, -0.05) is 3.89 Å². The van der Waals surface area contributed by atoms with Gasteiger partial charge in [0.1, 0.15) is 0 Å². The predicted octanol–water partition coefficient (Wildman–Crippen LogP) is 0.0481. The molecule has 1 fully saturated rings. The minimum absolute atomic E-state index is 0.00245. The highest BCUT2D eigenvalue weighted by Crippen LogP contribution is 2.15. The summed E-state index contributed by atoms with van der Waals surface area (Å²) in [6, 6.07) is 1.06. The van der Waals surface area contributed by atoms with Crippen molar-refractivity contribution in [2.24, 2.45) is 4.99 Å². The molecule has 8 nitrogen and oxygen atoms in total. The van der Waals surface area contributed by atoms with E-state index in [9.17, 15) is 17.1 Å². The Morgan fingerprint density at radius 2 is 1.95 bits per heavy atom. The summed E-state index contributed by atoms with van der Waals surface area (Å²) in [6.07, 6.45) is 2.17. The van der Waals surface area contributed by atoms with Crippen LogP contribution in [0.3, 0.4) is 0 Å². The summed E-state index contributed by atoms with van der Waals surface area (Å²) in [4.78, 5) is 23.2. The van der Waals surface area contributed by atoms with E-state index in [4.69, 9.17) is 0 Å². The molecule has 0 radical (unpaired) electrons. The van der Waals surface area contributed by atoms with Gasteiger partial charge in [0.15, 0.2) is 5.75 Å². The summed E-state index contributed by atoms with van der Waals surface area (Å²) in [5, 5.41) is 0. The Bertz CT molecular complexity index is 679. The molecule has 2 heterocycles. The maximum Gasteiger partial charge on any atom is 0.488 e. The smallest absolute Gasteiger partial charge is 0.357 e. The second-order valence-electron chi connectivity index (χ2n) is 4.45. The molecule has 0 spiro atoms. The molecule has 10 heteroatoms. The van der Waals surface area contributed by atoms with Crippen molar-refractivity contribution in [2.45, 2.75) is 0 Å². The standard InChI is InChI=1S/C11H13FN4O4S/c1-15-3-4-16(2)11(15)14-10(17)8-5-9(7-13-6-8)20-21(12,18)19/h5-7H,3-4H2,1-2H3. The molecule has 1 amide bonds. The van der Waals surface area contributed by atoms with Crippen LogP contribution in [0.4, 0.5) is 3.89 Å². The molecule has 0 aromatic carbocycles. The second kappa shape index (κ2) is 5.64. The van der Waals surface area contributed by atoms with Gasteiger partial charge in [-0.2, -0.15) is 13.4 Å². The molecule has 1 saturated heterocycles. The van der Waals surface area contributed by atoms with E-state index in [0.29, 0.717) is 5.96 Å².